The highest BCUT2D eigenvalue weighted by atomic mass is 35.5. The number of carbonyl (C=O) groups excluding carboxylic acids is 1. The molecule has 2 aromatic carbocycles. The molecule has 0 saturated heterocycles. The van der Waals surface area contributed by atoms with E-state index in [4.69, 9.17) is 23.2 Å². The maximum atomic E-state index is 13.8. The number of halogens is 2. The summed E-state index contributed by atoms with van der Waals surface area (Å²) in [6.45, 7) is 3.23. The number of allylic oxidation sites excluding steroid dienone is 1. The Morgan fingerprint density at radius 1 is 1.10 bits per heavy atom. The van der Waals surface area contributed by atoms with Crippen LogP contribution in [0, 0.1) is 0 Å². The first-order valence-corrected chi connectivity index (χ1v) is 10.6. The molecule has 0 saturated carbocycles. The minimum Gasteiger partial charge on any atom is -0.344 e. The van der Waals surface area contributed by atoms with E-state index in [2.05, 4.69) is 22.5 Å². The number of hydrogen-bond acceptors (Lipinski definition) is 3. The van der Waals surface area contributed by atoms with Crippen LogP contribution in [0.15, 0.2) is 66.0 Å². The van der Waals surface area contributed by atoms with Crippen LogP contribution in [0.5, 0.6) is 0 Å². The van der Waals surface area contributed by atoms with Gasteiger partial charge in [-0.1, -0.05) is 53.5 Å². The fourth-order valence-corrected chi connectivity index (χ4v) is 4.62. The number of benzene rings is 2. The number of nitrogens with zero attached hydrogens (tertiary/aromatic N) is 3. The molecule has 5 rings (SSSR count). The summed E-state index contributed by atoms with van der Waals surface area (Å²) in [6, 6.07) is 15.3. The summed E-state index contributed by atoms with van der Waals surface area (Å²) in [5, 5.41) is 8.76. The van der Waals surface area contributed by atoms with Crippen LogP contribution in [-0.4, -0.2) is 27.1 Å². The highest BCUT2D eigenvalue weighted by Gasteiger charge is 2.35. The van der Waals surface area contributed by atoms with Crippen LogP contribution >= 0.6 is 23.2 Å². The van der Waals surface area contributed by atoms with Gasteiger partial charge in [0.15, 0.2) is 0 Å². The molecular weight excluding hydrogens is 419 g/mol. The molecule has 2 aliphatic heterocycles. The van der Waals surface area contributed by atoms with Gasteiger partial charge in [-0.05, 0) is 42.2 Å². The van der Waals surface area contributed by atoms with Gasteiger partial charge in [-0.3, -0.25) is 4.79 Å². The van der Waals surface area contributed by atoms with E-state index in [1.807, 2.05) is 46.8 Å². The lowest BCUT2D eigenvalue weighted by atomic mass is 9.93. The molecule has 1 N–H and O–H groups in total. The van der Waals surface area contributed by atoms with Crippen molar-refractivity contribution < 1.29 is 4.79 Å². The average molecular weight is 439 g/mol. The smallest absolute Gasteiger partial charge is 0.254 e. The summed E-state index contributed by atoms with van der Waals surface area (Å²) >= 11 is 12.5. The number of aromatic nitrogens is 2. The molecule has 1 atom stereocenters. The molecule has 2 aliphatic rings. The van der Waals surface area contributed by atoms with E-state index in [0.29, 0.717) is 28.7 Å². The second kappa shape index (κ2) is 7.49. The monoisotopic (exact) mass is 438 g/mol. The molecule has 30 heavy (non-hydrogen) atoms. The van der Waals surface area contributed by atoms with Crippen molar-refractivity contribution in [3.05, 3.63) is 92.7 Å². The van der Waals surface area contributed by atoms with Crippen molar-refractivity contribution in [1.82, 2.24) is 14.7 Å². The molecule has 0 spiro atoms. The van der Waals surface area contributed by atoms with E-state index in [0.717, 1.165) is 23.5 Å². The fourth-order valence-electron chi connectivity index (χ4n) is 4.31. The first-order valence-electron chi connectivity index (χ1n) is 9.85. The maximum absolute atomic E-state index is 13.8. The lowest BCUT2D eigenvalue weighted by molar-refractivity contribution is -0.128. The van der Waals surface area contributed by atoms with Crippen molar-refractivity contribution in [2.75, 3.05) is 11.9 Å². The molecule has 0 radical (unpaired) electrons. The van der Waals surface area contributed by atoms with Gasteiger partial charge in [0.05, 0.1) is 21.8 Å². The highest BCUT2D eigenvalue weighted by molar-refractivity contribution is 6.42. The van der Waals surface area contributed by atoms with Crippen LogP contribution in [0.4, 0.5) is 5.82 Å². The topological polar surface area (TPSA) is 50.2 Å². The molecule has 3 heterocycles. The molecule has 0 aliphatic carbocycles. The van der Waals surface area contributed by atoms with E-state index >= 15 is 0 Å². The first kappa shape index (κ1) is 19.2. The fraction of sp³-hybridized carbons (Fsp3) is 0.217. The summed E-state index contributed by atoms with van der Waals surface area (Å²) in [5.74, 6) is 0.843. The zero-order valence-corrected chi connectivity index (χ0v) is 17.9. The molecule has 0 fully saturated rings. The van der Waals surface area contributed by atoms with Crippen molar-refractivity contribution in [1.29, 1.82) is 0 Å². The molecule has 3 aromatic rings. The van der Waals surface area contributed by atoms with Crippen LogP contribution in [-0.2, 0) is 17.8 Å². The summed E-state index contributed by atoms with van der Waals surface area (Å²) in [4.78, 5) is 15.7. The minimum atomic E-state index is -0.379. The Balaban J connectivity index is 1.56. The van der Waals surface area contributed by atoms with E-state index < -0.39 is 0 Å². The third kappa shape index (κ3) is 3.18. The third-order valence-electron chi connectivity index (χ3n) is 5.82. The van der Waals surface area contributed by atoms with Crippen molar-refractivity contribution in [3.63, 3.8) is 0 Å². The summed E-state index contributed by atoms with van der Waals surface area (Å²) in [6.07, 6.45) is 2.58. The Morgan fingerprint density at radius 3 is 2.70 bits per heavy atom. The van der Waals surface area contributed by atoms with Gasteiger partial charge in [0.1, 0.15) is 11.9 Å². The van der Waals surface area contributed by atoms with Crippen molar-refractivity contribution in [2.24, 2.45) is 0 Å². The predicted molar refractivity (Wildman–Crippen MR) is 119 cm³/mol. The van der Waals surface area contributed by atoms with E-state index in [-0.39, 0.29) is 11.9 Å². The number of nitrogens with one attached hydrogen (secondary N) is 1. The summed E-state index contributed by atoms with van der Waals surface area (Å²) < 4.78 is 1.83. The molecule has 1 aromatic heterocycles. The molecule has 1 unspecified atom stereocenters. The maximum Gasteiger partial charge on any atom is 0.254 e. The number of amides is 1. The lowest BCUT2D eigenvalue weighted by Crippen LogP contribution is -2.40. The number of hydrogen-bond donors (Lipinski definition) is 1. The number of anilines is 1. The van der Waals surface area contributed by atoms with Gasteiger partial charge in [-0.25, -0.2) is 4.68 Å². The van der Waals surface area contributed by atoms with E-state index in [9.17, 15) is 4.79 Å². The van der Waals surface area contributed by atoms with Crippen LogP contribution in [0.25, 0.3) is 0 Å². The van der Waals surface area contributed by atoms with Crippen LogP contribution in [0.2, 0.25) is 10.0 Å². The Hall–Kier alpha value is -2.76. The average Bonchev–Trinajstić information content (AvgIpc) is 3.22. The van der Waals surface area contributed by atoms with Gasteiger partial charge in [0.2, 0.25) is 0 Å². The van der Waals surface area contributed by atoms with Crippen LogP contribution in [0.3, 0.4) is 0 Å². The third-order valence-corrected chi connectivity index (χ3v) is 6.55. The lowest BCUT2D eigenvalue weighted by Gasteiger charge is -2.35. The second-order valence-electron chi connectivity index (χ2n) is 7.65. The molecule has 7 heteroatoms. The zero-order chi connectivity index (χ0) is 20.8. The van der Waals surface area contributed by atoms with Crippen molar-refractivity contribution in [2.45, 2.75) is 25.9 Å². The normalized spacial score (nSPS) is 18.0. The van der Waals surface area contributed by atoms with E-state index in [1.54, 1.807) is 12.3 Å². The van der Waals surface area contributed by atoms with Gasteiger partial charge in [-0.15, -0.1) is 0 Å². The Labute approximate surface area is 184 Å². The van der Waals surface area contributed by atoms with E-state index in [1.165, 1.54) is 11.1 Å². The van der Waals surface area contributed by atoms with Gasteiger partial charge < -0.3 is 10.2 Å². The Morgan fingerprint density at radius 2 is 1.90 bits per heavy atom. The van der Waals surface area contributed by atoms with Gasteiger partial charge in [-0.2, -0.15) is 5.10 Å². The van der Waals surface area contributed by atoms with Gasteiger partial charge >= 0.3 is 0 Å². The predicted octanol–water partition coefficient (Wildman–Crippen LogP) is 5.06. The Bertz CT molecular complexity index is 1180. The Kier molecular flexibility index (Phi) is 4.80. The zero-order valence-electron chi connectivity index (χ0n) is 16.4. The number of rotatable bonds is 2. The summed E-state index contributed by atoms with van der Waals surface area (Å²) in [7, 11) is 0. The first-order chi connectivity index (χ1) is 14.5. The molecule has 1 amide bonds. The van der Waals surface area contributed by atoms with Gasteiger partial charge in [0.25, 0.3) is 5.91 Å². The van der Waals surface area contributed by atoms with Gasteiger partial charge in [0, 0.05) is 24.9 Å². The van der Waals surface area contributed by atoms with Crippen LogP contribution in [0.1, 0.15) is 29.7 Å². The SMILES string of the molecule is CC1=C(C(=O)N2CCc3ccccc3C2)C(c2ccc(Cl)c(Cl)c2)n2nccc2N1. The molecule has 152 valence electrons. The summed E-state index contributed by atoms with van der Waals surface area (Å²) in [5.41, 5.74) is 4.87. The van der Waals surface area contributed by atoms with Crippen LogP contribution < -0.4 is 5.32 Å². The molecule has 5 nitrogen and oxygen atoms in total. The van der Waals surface area contributed by atoms with Crippen molar-refractivity contribution >= 4 is 34.9 Å². The quantitative estimate of drug-likeness (QED) is 0.607. The largest absolute Gasteiger partial charge is 0.344 e. The number of fused-ring (bicyclic) bond motifs is 2. The molecular formula is C23H20Cl2N4O. The second-order valence-corrected chi connectivity index (χ2v) is 8.46. The minimum absolute atomic E-state index is 0.00623. The highest BCUT2D eigenvalue weighted by Crippen LogP contribution is 2.38. The standard InChI is InChI=1S/C23H20Cl2N4O/c1-14-21(23(30)28-11-9-15-4-2-3-5-17(15)13-28)22(29-20(27-14)8-10-26-29)16-6-7-18(24)19(25)12-16/h2-8,10,12,22,27H,9,11,13H2,1H3. The molecule has 0 bridgehead atoms. The number of carbonyl (C=O) groups is 1. The van der Waals surface area contributed by atoms with Crippen molar-refractivity contribution in [3.8, 4) is 0 Å².